The number of rotatable bonds is 9. The second kappa shape index (κ2) is 9.19. The Balaban J connectivity index is 1.87. The molecule has 6 nitrogen and oxygen atoms in total. The van der Waals surface area contributed by atoms with Crippen molar-refractivity contribution in [3.05, 3.63) is 59.7 Å². The maximum absolute atomic E-state index is 12.1. The fourth-order valence-electron chi connectivity index (χ4n) is 2.43. The summed E-state index contributed by atoms with van der Waals surface area (Å²) < 4.78 is 10.8. The van der Waals surface area contributed by atoms with Gasteiger partial charge >= 0.3 is 5.97 Å². The molecular weight excluding hydrogens is 346 g/mol. The highest BCUT2D eigenvalue weighted by atomic mass is 16.5. The summed E-state index contributed by atoms with van der Waals surface area (Å²) in [5.41, 5.74) is 1.46. The summed E-state index contributed by atoms with van der Waals surface area (Å²) in [6, 6.07) is 15.0. The van der Waals surface area contributed by atoms with Crippen molar-refractivity contribution >= 4 is 17.6 Å². The fourth-order valence-corrected chi connectivity index (χ4v) is 2.43. The third-order valence-corrected chi connectivity index (χ3v) is 4.09. The van der Waals surface area contributed by atoms with E-state index in [4.69, 9.17) is 14.6 Å². The predicted molar refractivity (Wildman–Crippen MR) is 103 cm³/mol. The van der Waals surface area contributed by atoms with Gasteiger partial charge in [-0.05, 0) is 49.2 Å². The fraction of sp³-hybridized carbons (Fsp3) is 0.333. The second-order valence-electron chi connectivity index (χ2n) is 6.96. The van der Waals surface area contributed by atoms with Crippen molar-refractivity contribution in [1.82, 2.24) is 0 Å². The molecule has 0 saturated heterocycles. The van der Waals surface area contributed by atoms with E-state index in [-0.39, 0.29) is 12.3 Å². The van der Waals surface area contributed by atoms with Gasteiger partial charge in [0.1, 0.15) is 5.75 Å². The zero-order valence-corrected chi connectivity index (χ0v) is 15.8. The first-order valence-electron chi connectivity index (χ1n) is 8.63. The molecule has 0 fully saturated rings. The van der Waals surface area contributed by atoms with Crippen molar-refractivity contribution in [3.8, 4) is 5.75 Å². The molecule has 0 bridgehead atoms. The first-order chi connectivity index (χ1) is 12.8. The highest BCUT2D eigenvalue weighted by molar-refractivity contribution is 5.94. The third kappa shape index (κ3) is 6.42. The van der Waals surface area contributed by atoms with Gasteiger partial charge < -0.3 is 19.9 Å². The van der Waals surface area contributed by atoms with E-state index in [0.29, 0.717) is 18.9 Å². The van der Waals surface area contributed by atoms with Crippen molar-refractivity contribution < 1.29 is 24.2 Å². The Labute approximate surface area is 159 Å². The minimum atomic E-state index is -1.11. The van der Waals surface area contributed by atoms with Gasteiger partial charge in [0.15, 0.2) is 0 Å². The number of anilines is 1. The number of carboxylic acid groups (broad SMARTS) is 1. The van der Waals surface area contributed by atoms with Gasteiger partial charge in [-0.3, -0.25) is 9.59 Å². The summed E-state index contributed by atoms with van der Waals surface area (Å²) in [5, 5.41) is 11.9. The lowest BCUT2D eigenvalue weighted by Gasteiger charge is -2.18. The summed E-state index contributed by atoms with van der Waals surface area (Å²) in [4.78, 5) is 23.2. The standard InChI is InChI=1S/C21H25NO5/c1-21(2,20(24)25)12-19(23)22-17-6-4-5-16(11-17)14-27-13-15-7-9-18(26-3)10-8-15/h4-11H,12-14H2,1-3H3,(H,22,23)(H,24,25). The minimum absolute atomic E-state index is 0.0967. The van der Waals surface area contributed by atoms with Crippen LogP contribution < -0.4 is 10.1 Å². The Bertz CT molecular complexity index is 783. The maximum Gasteiger partial charge on any atom is 0.309 e. The van der Waals surface area contributed by atoms with Crippen LogP contribution >= 0.6 is 0 Å². The van der Waals surface area contributed by atoms with E-state index < -0.39 is 11.4 Å². The van der Waals surface area contributed by atoms with Gasteiger partial charge in [0.25, 0.3) is 0 Å². The molecule has 0 saturated carbocycles. The van der Waals surface area contributed by atoms with Gasteiger partial charge in [0, 0.05) is 12.1 Å². The van der Waals surface area contributed by atoms with Gasteiger partial charge in [-0.2, -0.15) is 0 Å². The SMILES string of the molecule is COc1ccc(COCc2cccc(NC(=O)CC(C)(C)C(=O)O)c2)cc1. The quantitative estimate of drug-likeness (QED) is 0.699. The smallest absolute Gasteiger partial charge is 0.309 e. The van der Waals surface area contributed by atoms with Crippen LogP contribution in [0.25, 0.3) is 0 Å². The summed E-state index contributed by atoms with van der Waals surface area (Å²) in [7, 11) is 1.62. The number of carbonyl (C=O) groups is 2. The van der Waals surface area contributed by atoms with Gasteiger partial charge in [0.2, 0.25) is 5.91 Å². The molecule has 0 aliphatic carbocycles. The summed E-state index contributed by atoms with van der Waals surface area (Å²) in [6.45, 7) is 3.92. The molecule has 2 aromatic carbocycles. The number of methoxy groups -OCH3 is 1. The lowest BCUT2D eigenvalue weighted by Crippen LogP contribution is -2.29. The number of hydrogen-bond donors (Lipinski definition) is 2. The zero-order valence-electron chi connectivity index (χ0n) is 15.8. The molecule has 6 heteroatoms. The minimum Gasteiger partial charge on any atom is -0.497 e. The molecule has 2 N–H and O–H groups in total. The molecule has 2 aromatic rings. The number of aliphatic carboxylic acids is 1. The highest BCUT2D eigenvalue weighted by Crippen LogP contribution is 2.22. The summed E-state index contributed by atoms with van der Waals surface area (Å²) in [5.74, 6) is -0.537. The van der Waals surface area contributed by atoms with Gasteiger partial charge in [-0.1, -0.05) is 24.3 Å². The monoisotopic (exact) mass is 371 g/mol. The molecule has 0 aliphatic rings. The topological polar surface area (TPSA) is 84.9 Å². The van der Waals surface area contributed by atoms with Crippen LogP contribution in [-0.4, -0.2) is 24.1 Å². The van der Waals surface area contributed by atoms with Gasteiger partial charge in [-0.25, -0.2) is 0 Å². The largest absolute Gasteiger partial charge is 0.497 e. The number of ether oxygens (including phenoxy) is 2. The predicted octanol–water partition coefficient (Wildman–Crippen LogP) is 3.85. The van der Waals surface area contributed by atoms with Gasteiger partial charge in [-0.15, -0.1) is 0 Å². The van der Waals surface area contributed by atoms with Crippen molar-refractivity contribution in [2.45, 2.75) is 33.5 Å². The van der Waals surface area contributed by atoms with Crippen LogP contribution in [0.2, 0.25) is 0 Å². The molecule has 0 aromatic heterocycles. The molecular formula is C21H25NO5. The molecule has 0 spiro atoms. The third-order valence-electron chi connectivity index (χ3n) is 4.09. The van der Waals surface area contributed by atoms with Crippen LogP contribution in [0.5, 0.6) is 5.75 Å². The molecule has 0 aliphatic heterocycles. The normalized spacial score (nSPS) is 11.1. The molecule has 0 radical (unpaired) electrons. The first-order valence-corrected chi connectivity index (χ1v) is 8.63. The molecule has 2 rings (SSSR count). The number of hydrogen-bond acceptors (Lipinski definition) is 4. The lowest BCUT2D eigenvalue weighted by molar-refractivity contribution is -0.148. The average molecular weight is 371 g/mol. The molecule has 0 unspecified atom stereocenters. The Kier molecular flexibility index (Phi) is 6.96. The van der Waals surface area contributed by atoms with E-state index >= 15 is 0 Å². The number of amides is 1. The van der Waals surface area contributed by atoms with Crippen LogP contribution in [0.3, 0.4) is 0 Å². The maximum atomic E-state index is 12.1. The lowest BCUT2D eigenvalue weighted by atomic mass is 9.89. The van der Waals surface area contributed by atoms with E-state index in [1.807, 2.05) is 42.5 Å². The Morgan fingerprint density at radius 2 is 1.70 bits per heavy atom. The van der Waals surface area contributed by atoms with Crippen LogP contribution in [0, 0.1) is 5.41 Å². The Morgan fingerprint density at radius 1 is 1.04 bits per heavy atom. The van der Waals surface area contributed by atoms with E-state index in [1.165, 1.54) is 13.8 Å². The molecule has 27 heavy (non-hydrogen) atoms. The van der Waals surface area contributed by atoms with E-state index in [9.17, 15) is 9.59 Å². The second-order valence-corrected chi connectivity index (χ2v) is 6.96. The molecule has 0 heterocycles. The molecule has 1 amide bonds. The van der Waals surface area contributed by atoms with Crippen LogP contribution in [0.4, 0.5) is 5.69 Å². The number of benzene rings is 2. The molecule has 144 valence electrons. The van der Waals surface area contributed by atoms with Gasteiger partial charge in [0.05, 0.1) is 25.7 Å². The van der Waals surface area contributed by atoms with Crippen LogP contribution in [-0.2, 0) is 27.5 Å². The van der Waals surface area contributed by atoms with E-state index in [0.717, 1.165) is 16.9 Å². The Hall–Kier alpha value is -2.86. The van der Waals surface area contributed by atoms with E-state index in [1.54, 1.807) is 13.2 Å². The van der Waals surface area contributed by atoms with Crippen molar-refractivity contribution in [2.75, 3.05) is 12.4 Å². The molecule has 0 atom stereocenters. The zero-order chi connectivity index (χ0) is 19.9. The summed E-state index contributed by atoms with van der Waals surface area (Å²) in [6.07, 6.45) is -0.0967. The van der Waals surface area contributed by atoms with Crippen LogP contribution in [0.1, 0.15) is 31.4 Å². The van der Waals surface area contributed by atoms with E-state index in [2.05, 4.69) is 5.32 Å². The van der Waals surface area contributed by atoms with Crippen molar-refractivity contribution in [2.24, 2.45) is 5.41 Å². The average Bonchev–Trinajstić information content (AvgIpc) is 2.62. The summed E-state index contributed by atoms with van der Waals surface area (Å²) >= 11 is 0. The number of carbonyl (C=O) groups excluding carboxylic acids is 1. The Morgan fingerprint density at radius 3 is 2.33 bits per heavy atom. The number of carboxylic acids is 1. The number of nitrogens with one attached hydrogen (secondary N) is 1. The van der Waals surface area contributed by atoms with Crippen LogP contribution in [0.15, 0.2) is 48.5 Å². The van der Waals surface area contributed by atoms with Crippen molar-refractivity contribution in [1.29, 1.82) is 0 Å². The highest BCUT2D eigenvalue weighted by Gasteiger charge is 2.30. The van der Waals surface area contributed by atoms with Crippen molar-refractivity contribution in [3.63, 3.8) is 0 Å². The first kappa shape index (κ1) is 20.5.